The van der Waals surface area contributed by atoms with Gasteiger partial charge < -0.3 is 4.74 Å². The molecule has 0 radical (unpaired) electrons. The van der Waals surface area contributed by atoms with E-state index in [1.54, 1.807) is 12.1 Å². The van der Waals surface area contributed by atoms with Gasteiger partial charge in [-0.1, -0.05) is 88.8 Å². The molecule has 0 spiro atoms. The zero-order valence-corrected chi connectivity index (χ0v) is 18.8. The van der Waals surface area contributed by atoms with E-state index in [9.17, 15) is 13.2 Å². The van der Waals surface area contributed by atoms with Gasteiger partial charge >= 0.3 is 6.36 Å². The quantitative estimate of drug-likeness (QED) is 0.360. The van der Waals surface area contributed by atoms with E-state index >= 15 is 0 Å². The molecule has 2 aromatic carbocycles. The first-order chi connectivity index (χ1) is 14.8. The van der Waals surface area contributed by atoms with Crippen molar-refractivity contribution < 1.29 is 17.9 Å². The minimum Gasteiger partial charge on any atom is -0.406 e. The molecule has 0 N–H and O–H groups in total. The summed E-state index contributed by atoms with van der Waals surface area (Å²) >= 11 is 0. The van der Waals surface area contributed by atoms with Gasteiger partial charge in [-0.25, -0.2) is 0 Å². The molecule has 0 aliphatic heterocycles. The maximum Gasteiger partial charge on any atom is 0.573 e. The summed E-state index contributed by atoms with van der Waals surface area (Å²) in [6.07, 6.45) is 7.44. The third-order valence-corrected chi connectivity index (χ3v) is 6.84. The van der Waals surface area contributed by atoms with E-state index in [-0.39, 0.29) is 5.75 Å². The third kappa shape index (κ3) is 7.59. The van der Waals surface area contributed by atoms with Crippen LogP contribution >= 0.6 is 0 Å². The lowest BCUT2D eigenvalue weighted by Crippen LogP contribution is -2.21. The Morgan fingerprint density at radius 3 is 2.00 bits per heavy atom. The highest BCUT2D eigenvalue weighted by molar-refractivity contribution is 5.64. The minimum atomic E-state index is -4.66. The summed E-state index contributed by atoms with van der Waals surface area (Å²) in [5, 5.41) is 0. The average Bonchev–Trinajstić information content (AvgIpc) is 2.74. The Hall–Kier alpha value is -1.97. The second-order valence-corrected chi connectivity index (χ2v) is 9.23. The highest BCUT2D eigenvalue weighted by Crippen LogP contribution is 2.37. The van der Waals surface area contributed by atoms with Gasteiger partial charge in [0, 0.05) is 0 Å². The van der Waals surface area contributed by atoms with Crippen molar-refractivity contribution in [2.45, 2.75) is 78.0 Å². The number of halogens is 3. The molecule has 1 nitrogen and oxygen atoms in total. The Kier molecular flexibility index (Phi) is 8.45. The van der Waals surface area contributed by atoms with Crippen molar-refractivity contribution in [2.24, 2.45) is 17.8 Å². The predicted molar refractivity (Wildman–Crippen MR) is 121 cm³/mol. The molecule has 1 saturated carbocycles. The number of unbranched alkanes of at least 4 members (excludes halogenated alkanes) is 2. The van der Waals surface area contributed by atoms with Gasteiger partial charge in [-0.3, -0.25) is 0 Å². The van der Waals surface area contributed by atoms with E-state index in [1.807, 2.05) is 0 Å². The van der Waals surface area contributed by atoms with E-state index in [0.717, 1.165) is 29.4 Å². The van der Waals surface area contributed by atoms with Gasteiger partial charge in [0.05, 0.1) is 0 Å². The largest absolute Gasteiger partial charge is 0.573 e. The molecule has 0 bridgehead atoms. The van der Waals surface area contributed by atoms with Crippen LogP contribution in [0.5, 0.6) is 5.75 Å². The number of ether oxygens (including phenoxy) is 1. The Balaban J connectivity index is 1.49. The van der Waals surface area contributed by atoms with Crippen molar-refractivity contribution in [1.82, 2.24) is 0 Å². The summed E-state index contributed by atoms with van der Waals surface area (Å²) in [5.74, 6) is 2.26. The van der Waals surface area contributed by atoms with Gasteiger partial charge in [-0.05, 0) is 65.8 Å². The van der Waals surface area contributed by atoms with Gasteiger partial charge in [-0.2, -0.15) is 0 Å². The van der Waals surface area contributed by atoms with Gasteiger partial charge in [-0.15, -0.1) is 13.2 Å². The van der Waals surface area contributed by atoms with Crippen LogP contribution in [0.4, 0.5) is 13.2 Å². The maximum absolute atomic E-state index is 12.3. The SMILES string of the molecule is CCCCCC1CCC(C(C)Cc2ccc(-c3ccc(OC(F)(F)F)cc3)cc2)CC1. The van der Waals surface area contributed by atoms with Crippen LogP contribution in [0.3, 0.4) is 0 Å². The van der Waals surface area contributed by atoms with Crippen LogP contribution in [0.1, 0.15) is 70.8 Å². The predicted octanol–water partition coefficient (Wildman–Crippen LogP) is 8.82. The number of hydrogen-bond donors (Lipinski definition) is 0. The summed E-state index contributed by atoms with van der Waals surface area (Å²) in [6, 6.07) is 14.5. The number of benzene rings is 2. The molecule has 0 aromatic heterocycles. The molecule has 0 amide bonds. The van der Waals surface area contributed by atoms with Crippen LogP contribution in [0.25, 0.3) is 11.1 Å². The Morgan fingerprint density at radius 2 is 1.45 bits per heavy atom. The first-order valence-electron chi connectivity index (χ1n) is 11.8. The summed E-state index contributed by atoms with van der Waals surface area (Å²) in [6.45, 7) is 4.66. The van der Waals surface area contributed by atoms with E-state index in [1.165, 1.54) is 69.1 Å². The van der Waals surface area contributed by atoms with Gasteiger partial charge in [0.2, 0.25) is 0 Å². The van der Waals surface area contributed by atoms with Crippen LogP contribution in [0.15, 0.2) is 48.5 Å². The molecule has 1 aliphatic carbocycles. The van der Waals surface area contributed by atoms with Crippen molar-refractivity contribution in [3.8, 4) is 16.9 Å². The molecule has 2 aromatic rings. The van der Waals surface area contributed by atoms with E-state index in [0.29, 0.717) is 5.92 Å². The Bertz CT molecular complexity index is 772. The van der Waals surface area contributed by atoms with E-state index in [4.69, 9.17) is 0 Å². The fourth-order valence-electron chi connectivity index (χ4n) is 4.95. The molecule has 1 unspecified atom stereocenters. The highest BCUT2D eigenvalue weighted by atomic mass is 19.4. The number of hydrogen-bond acceptors (Lipinski definition) is 1. The summed E-state index contributed by atoms with van der Waals surface area (Å²) < 4.78 is 40.9. The molecule has 0 heterocycles. The zero-order valence-electron chi connectivity index (χ0n) is 18.8. The first kappa shape index (κ1) is 23.7. The van der Waals surface area contributed by atoms with Crippen molar-refractivity contribution >= 4 is 0 Å². The standard InChI is InChI=1S/C27H35F3O/c1-3-4-5-6-21-7-11-23(12-8-21)20(2)19-22-9-13-24(14-10-22)25-15-17-26(18-16-25)31-27(28,29)30/h9-10,13-18,20-21,23H,3-8,11-12,19H2,1-2H3. The fourth-order valence-corrected chi connectivity index (χ4v) is 4.95. The molecular formula is C27H35F3O. The average molecular weight is 433 g/mol. The second kappa shape index (κ2) is 11.1. The Morgan fingerprint density at radius 1 is 0.871 bits per heavy atom. The molecule has 170 valence electrons. The van der Waals surface area contributed by atoms with Crippen LogP contribution in [0.2, 0.25) is 0 Å². The topological polar surface area (TPSA) is 9.23 Å². The molecule has 0 saturated heterocycles. The van der Waals surface area contributed by atoms with E-state index < -0.39 is 6.36 Å². The fraction of sp³-hybridized carbons (Fsp3) is 0.556. The lowest BCUT2D eigenvalue weighted by atomic mass is 9.73. The molecule has 1 atom stereocenters. The lowest BCUT2D eigenvalue weighted by molar-refractivity contribution is -0.274. The zero-order chi connectivity index (χ0) is 22.3. The smallest absolute Gasteiger partial charge is 0.406 e. The second-order valence-electron chi connectivity index (χ2n) is 9.23. The monoisotopic (exact) mass is 432 g/mol. The van der Waals surface area contributed by atoms with Crippen molar-refractivity contribution in [3.63, 3.8) is 0 Å². The minimum absolute atomic E-state index is 0.193. The lowest BCUT2D eigenvalue weighted by Gasteiger charge is -2.32. The summed E-state index contributed by atoms with van der Waals surface area (Å²) in [5.41, 5.74) is 3.22. The van der Waals surface area contributed by atoms with Crippen LogP contribution in [-0.2, 0) is 6.42 Å². The summed E-state index contributed by atoms with van der Waals surface area (Å²) in [4.78, 5) is 0. The van der Waals surface area contributed by atoms with Crippen LogP contribution in [-0.4, -0.2) is 6.36 Å². The van der Waals surface area contributed by atoms with Crippen molar-refractivity contribution in [1.29, 1.82) is 0 Å². The van der Waals surface area contributed by atoms with Gasteiger partial charge in [0.1, 0.15) is 5.75 Å². The number of rotatable bonds is 9. The van der Waals surface area contributed by atoms with Crippen LogP contribution < -0.4 is 4.74 Å². The first-order valence-corrected chi connectivity index (χ1v) is 11.8. The number of alkyl halides is 3. The third-order valence-electron chi connectivity index (χ3n) is 6.84. The highest BCUT2D eigenvalue weighted by Gasteiger charge is 2.31. The molecule has 31 heavy (non-hydrogen) atoms. The molecule has 4 heteroatoms. The van der Waals surface area contributed by atoms with Crippen molar-refractivity contribution in [3.05, 3.63) is 54.1 Å². The molecular weight excluding hydrogens is 397 g/mol. The van der Waals surface area contributed by atoms with Gasteiger partial charge in [0.25, 0.3) is 0 Å². The molecule has 1 aliphatic rings. The van der Waals surface area contributed by atoms with Crippen molar-refractivity contribution in [2.75, 3.05) is 0 Å². The maximum atomic E-state index is 12.3. The van der Waals surface area contributed by atoms with Gasteiger partial charge in [0.15, 0.2) is 0 Å². The van der Waals surface area contributed by atoms with E-state index in [2.05, 4.69) is 42.8 Å². The molecule has 1 fully saturated rings. The van der Waals surface area contributed by atoms with Crippen LogP contribution in [0, 0.1) is 17.8 Å². The summed E-state index contributed by atoms with van der Waals surface area (Å²) in [7, 11) is 0. The normalized spacial score (nSPS) is 20.4. The Labute approximate surface area is 185 Å². The molecule has 3 rings (SSSR count).